The summed E-state index contributed by atoms with van der Waals surface area (Å²) in [5.74, 6) is -0.0643. The maximum absolute atomic E-state index is 12.5. The molecular formula is C16H14F3NO. The minimum absolute atomic E-state index is 0.0643. The van der Waals surface area contributed by atoms with Crippen LogP contribution in [0.15, 0.2) is 48.5 Å². The van der Waals surface area contributed by atoms with Gasteiger partial charge in [0.05, 0.1) is 5.56 Å². The molecule has 5 heteroatoms. The quantitative estimate of drug-likeness (QED) is 0.840. The van der Waals surface area contributed by atoms with Gasteiger partial charge in [0.1, 0.15) is 0 Å². The number of rotatable bonds is 4. The molecule has 0 fully saturated rings. The third kappa shape index (κ3) is 3.84. The first-order valence-corrected chi connectivity index (χ1v) is 6.38. The number of hydrogen-bond acceptors (Lipinski definition) is 2. The third-order valence-corrected chi connectivity index (χ3v) is 3.07. The van der Waals surface area contributed by atoms with Crippen molar-refractivity contribution in [2.45, 2.75) is 19.6 Å². The highest BCUT2D eigenvalue weighted by Crippen LogP contribution is 2.29. The molecule has 0 aromatic heterocycles. The van der Waals surface area contributed by atoms with Crippen LogP contribution in [0.25, 0.3) is 0 Å². The molecule has 0 saturated carbocycles. The van der Waals surface area contributed by atoms with E-state index in [1.54, 1.807) is 24.3 Å². The minimum Gasteiger partial charge on any atom is -0.380 e. The lowest BCUT2D eigenvalue weighted by Gasteiger charge is -2.11. The second kappa shape index (κ2) is 5.99. The van der Waals surface area contributed by atoms with Crippen LogP contribution < -0.4 is 5.32 Å². The van der Waals surface area contributed by atoms with Gasteiger partial charge in [-0.1, -0.05) is 24.3 Å². The fraction of sp³-hybridized carbons (Fsp3) is 0.188. The van der Waals surface area contributed by atoms with Crippen molar-refractivity contribution in [3.63, 3.8) is 0 Å². The van der Waals surface area contributed by atoms with Crippen molar-refractivity contribution in [3.8, 4) is 0 Å². The summed E-state index contributed by atoms with van der Waals surface area (Å²) < 4.78 is 37.4. The first-order valence-electron chi connectivity index (χ1n) is 6.38. The molecule has 0 amide bonds. The Kier molecular flexibility index (Phi) is 4.31. The van der Waals surface area contributed by atoms with Crippen molar-refractivity contribution < 1.29 is 18.0 Å². The predicted molar refractivity (Wildman–Crippen MR) is 75.2 cm³/mol. The van der Waals surface area contributed by atoms with Gasteiger partial charge in [-0.15, -0.1) is 0 Å². The largest absolute Gasteiger partial charge is 0.416 e. The molecule has 2 aromatic carbocycles. The third-order valence-electron chi connectivity index (χ3n) is 3.07. The number of hydrogen-bond donors (Lipinski definition) is 1. The topological polar surface area (TPSA) is 29.1 Å². The van der Waals surface area contributed by atoms with Gasteiger partial charge in [-0.2, -0.15) is 13.2 Å². The molecule has 0 atom stereocenters. The molecule has 0 aliphatic heterocycles. The Bertz CT molecular complexity index is 633. The van der Waals surface area contributed by atoms with Crippen LogP contribution in [-0.2, 0) is 12.7 Å². The molecule has 0 saturated heterocycles. The zero-order valence-electron chi connectivity index (χ0n) is 11.4. The molecular weight excluding hydrogens is 279 g/mol. The van der Waals surface area contributed by atoms with Crippen molar-refractivity contribution in [1.29, 1.82) is 0 Å². The molecule has 2 nitrogen and oxygen atoms in total. The average Bonchev–Trinajstić information content (AvgIpc) is 2.45. The molecule has 2 rings (SSSR count). The molecule has 0 radical (unpaired) electrons. The van der Waals surface area contributed by atoms with Crippen LogP contribution in [-0.4, -0.2) is 5.78 Å². The number of nitrogens with one attached hydrogen (secondary N) is 1. The summed E-state index contributed by atoms with van der Waals surface area (Å²) in [5, 5.41) is 3.07. The zero-order chi connectivity index (χ0) is 15.5. The summed E-state index contributed by atoms with van der Waals surface area (Å²) in [6, 6.07) is 12.0. The summed E-state index contributed by atoms with van der Waals surface area (Å²) >= 11 is 0. The lowest BCUT2D eigenvalue weighted by Crippen LogP contribution is -2.07. The second-order valence-electron chi connectivity index (χ2n) is 4.65. The van der Waals surface area contributed by atoms with Crippen molar-refractivity contribution in [2.75, 3.05) is 5.32 Å². The van der Waals surface area contributed by atoms with Gasteiger partial charge in [-0.25, -0.2) is 0 Å². The van der Waals surface area contributed by atoms with Crippen LogP contribution in [0.1, 0.15) is 28.4 Å². The Morgan fingerprint density at radius 3 is 2.24 bits per heavy atom. The number of ketones is 1. The number of carbonyl (C=O) groups excluding carboxylic acids is 1. The number of alkyl halides is 3. The van der Waals surface area contributed by atoms with Crippen LogP contribution in [0.4, 0.5) is 18.9 Å². The number of carbonyl (C=O) groups is 1. The van der Waals surface area contributed by atoms with Crippen LogP contribution in [0, 0.1) is 0 Å². The van der Waals surface area contributed by atoms with E-state index in [1.807, 2.05) is 0 Å². The van der Waals surface area contributed by atoms with E-state index in [0.717, 1.165) is 12.1 Å². The number of anilines is 1. The standard InChI is InChI=1S/C16H14F3NO/c1-11(21)14-4-2-3-5-15(14)20-10-12-6-8-13(9-7-12)16(17,18)19/h2-9,20H,10H2,1H3. The normalized spacial score (nSPS) is 11.2. The van der Waals surface area contributed by atoms with E-state index in [2.05, 4.69) is 5.32 Å². The molecule has 0 aliphatic carbocycles. The van der Waals surface area contributed by atoms with Gasteiger partial charge in [0.15, 0.2) is 5.78 Å². The van der Waals surface area contributed by atoms with Crippen LogP contribution >= 0.6 is 0 Å². The predicted octanol–water partition coefficient (Wildman–Crippen LogP) is 4.52. The molecule has 0 heterocycles. The summed E-state index contributed by atoms with van der Waals surface area (Å²) in [7, 11) is 0. The molecule has 2 aromatic rings. The molecule has 0 spiro atoms. The first kappa shape index (κ1) is 15.1. The number of benzene rings is 2. The molecule has 110 valence electrons. The summed E-state index contributed by atoms with van der Waals surface area (Å²) in [4.78, 5) is 11.5. The Balaban J connectivity index is 2.09. The fourth-order valence-corrected chi connectivity index (χ4v) is 1.95. The van der Waals surface area contributed by atoms with Crippen molar-refractivity contribution in [3.05, 3.63) is 65.2 Å². The molecule has 21 heavy (non-hydrogen) atoms. The van der Waals surface area contributed by atoms with E-state index in [1.165, 1.54) is 19.1 Å². The van der Waals surface area contributed by atoms with E-state index >= 15 is 0 Å². The van der Waals surface area contributed by atoms with Gasteiger partial charge in [0.25, 0.3) is 0 Å². The van der Waals surface area contributed by atoms with Gasteiger partial charge < -0.3 is 5.32 Å². The number of halogens is 3. The average molecular weight is 293 g/mol. The molecule has 0 bridgehead atoms. The lowest BCUT2D eigenvalue weighted by atomic mass is 10.1. The number of para-hydroxylation sites is 1. The van der Waals surface area contributed by atoms with E-state index < -0.39 is 11.7 Å². The maximum atomic E-state index is 12.5. The van der Waals surface area contributed by atoms with Gasteiger partial charge in [0.2, 0.25) is 0 Å². The Morgan fingerprint density at radius 1 is 1.05 bits per heavy atom. The Morgan fingerprint density at radius 2 is 1.67 bits per heavy atom. The van der Waals surface area contributed by atoms with E-state index in [4.69, 9.17) is 0 Å². The fourth-order valence-electron chi connectivity index (χ4n) is 1.95. The van der Waals surface area contributed by atoms with Crippen molar-refractivity contribution >= 4 is 11.5 Å². The lowest BCUT2D eigenvalue weighted by molar-refractivity contribution is -0.137. The summed E-state index contributed by atoms with van der Waals surface area (Å²) in [5.41, 5.74) is 1.27. The Hall–Kier alpha value is -2.30. The van der Waals surface area contributed by atoms with E-state index in [0.29, 0.717) is 23.4 Å². The van der Waals surface area contributed by atoms with Crippen LogP contribution in [0.5, 0.6) is 0 Å². The smallest absolute Gasteiger partial charge is 0.380 e. The summed E-state index contributed by atoms with van der Waals surface area (Å²) in [6.45, 7) is 1.82. The highest BCUT2D eigenvalue weighted by Gasteiger charge is 2.29. The molecule has 0 unspecified atom stereocenters. The SMILES string of the molecule is CC(=O)c1ccccc1NCc1ccc(C(F)(F)F)cc1. The van der Waals surface area contributed by atoms with Gasteiger partial charge >= 0.3 is 6.18 Å². The summed E-state index contributed by atoms with van der Waals surface area (Å²) in [6.07, 6.45) is -4.33. The highest BCUT2D eigenvalue weighted by atomic mass is 19.4. The van der Waals surface area contributed by atoms with Crippen molar-refractivity contribution in [1.82, 2.24) is 0 Å². The number of Topliss-reactive ketones (excluding diaryl/α,β-unsaturated/α-hetero) is 1. The van der Waals surface area contributed by atoms with Gasteiger partial charge in [0, 0.05) is 17.8 Å². The monoisotopic (exact) mass is 293 g/mol. The van der Waals surface area contributed by atoms with E-state index in [-0.39, 0.29) is 5.78 Å². The second-order valence-corrected chi connectivity index (χ2v) is 4.65. The van der Waals surface area contributed by atoms with Crippen LogP contribution in [0.2, 0.25) is 0 Å². The highest BCUT2D eigenvalue weighted by molar-refractivity contribution is 5.99. The van der Waals surface area contributed by atoms with Gasteiger partial charge in [-0.3, -0.25) is 4.79 Å². The first-order chi connectivity index (χ1) is 9.88. The van der Waals surface area contributed by atoms with Crippen molar-refractivity contribution in [2.24, 2.45) is 0 Å². The minimum atomic E-state index is -4.33. The maximum Gasteiger partial charge on any atom is 0.416 e. The zero-order valence-corrected chi connectivity index (χ0v) is 11.4. The van der Waals surface area contributed by atoms with Crippen LogP contribution in [0.3, 0.4) is 0 Å². The molecule has 1 N–H and O–H groups in total. The van der Waals surface area contributed by atoms with Gasteiger partial charge in [-0.05, 0) is 36.8 Å². The van der Waals surface area contributed by atoms with E-state index in [9.17, 15) is 18.0 Å². The Labute approximate surface area is 120 Å². The molecule has 0 aliphatic rings.